The van der Waals surface area contributed by atoms with Crippen molar-refractivity contribution in [1.29, 1.82) is 0 Å². The predicted molar refractivity (Wildman–Crippen MR) is 98.0 cm³/mol. The lowest BCUT2D eigenvalue weighted by Gasteiger charge is -2.22. The van der Waals surface area contributed by atoms with E-state index in [0.29, 0.717) is 24.3 Å². The molecule has 0 atom stereocenters. The van der Waals surface area contributed by atoms with Crippen LogP contribution in [0.25, 0.3) is 0 Å². The molecule has 4 nitrogen and oxygen atoms in total. The van der Waals surface area contributed by atoms with E-state index in [0.717, 1.165) is 16.7 Å². The van der Waals surface area contributed by atoms with Crippen molar-refractivity contribution < 1.29 is 9.59 Å². The van der Waals surface area contributed by atoms with Crippen LogP contribution in [-0.4, -0.2) is 23.8 Å². The van der Waals surface area contributed by atoms with Gasteiger partial charge in [0, 0.05) is 30.4 Å². The van der Waals surface area contributed by atoms with Crippen molar-refractivity contribution in [3.63, 3.8) is 0 Å². The fourth-order valence-corrected chi connectivity index (χ4v) is 2.90. The van der Waals surface area contributed by atoms with Gasteiger partial charge in [0.1, 0.15) is 0 Å². The van der Waals surface area contributed by atoms with Crippen LogP contribution in [0.15, 0.2) is 55.1 Å². The van der Waals surface area contributed by atoms with Crippen LogP contribution in [0.3, 0.4) is 0 Å². The molecule has 2 aromatic rings. The van der Waals surface area contributed by atoms with Crippen LogP contribution in [-0.2, 0) is 17.9 Å². The van der Waals surface area contributed by atoms with Crippen LogP contribution < -0.4 is 4.90 Å². The Balaban J connectivity index is 1.94. The number of rotatable bonds is 4. The zero-order valence-electron chi connectivity index (χ0n) is 14.0. The molecule has 0 N–H and O–H groups in total. The van der Waals surface area contributed by atoms with Crippen LogP contribution in [0.4, 0.5) is 5.69 Å². The fraction of sp³-hybridized carbons (Fsp3) is 0.143. The molecule has 25 heavy (non-hydrogen) atoms. The molecule has 4 heteroatoms. The standard InChI is InChI=1S/C21H18N2O2/c1-4-15-6-8-16(9-7-15)13-23(20(24)5-2)18-11-10-17-14-22(3)21(25)19(17)12-18/h1,5-12H,2,13-14H2,3H3. The van der Waals surface area contributed by atoms with Gasteiger partial charge in [-0.2, -0.15) is 0 Å². The van der Waals surface area contributed by atoms with Crippen molar-refractivity contribution in [2.75, 3.05) is 11.9 Å². The molecule has 0 saturated carbocycles. The van der Waals surface area contributed by atoms with Crippen molar-refractivity contribution in [2.45, 2.75) is 13.1 Å². The number of hydrogen-bond donors (Lipinski definition) is 0. The van der Waals surface area contributed by atoms with Crippen molar-refractivity contribution in [3.8, 4) is 12.3 Å². The Bertz CT molecular complexity index is 891. The molecule has 0 bridgehead atoms. The van der Waals surface area contributed by atoms with Crippen molar-refractivity contribution in [3.05, 3.63) is 77.4 Å². The van der Waals surface area contributed by atoms with Crippen LogP contribution >= 0.6 is 0 Å². The summed E-state index contributed by atoms with van der Waals surface area (Å²) < 4.78 is 0. The maximum Gasteiger partial charge on any atom is 0.254 e. The lowest BCUT2D eigenvalue weighted by molar-refractivity contribution is -0.114. The first-order valence-electron chi connectivity index (χ1n) is 7.91. The summed E-state index contributed by atoms with van der Waals surface area (Å²) in [5.74, 6) is 2.32. The zero-order chi connectivity index (χ0) is 18.0. The van der Waals surface area contributed by atoms with Crippen LogP contribution in [0.1, 0.15) is 27.0 Å². The fourth-order valence-electron chi connectivity index (χ4n) is 2.90. The van der Waals surface area contributed by atoms with Gasteiger partial charge in [0.05, 0.1) is 6.54 Å². The Morgan fingerprint density at radius 1 is 1.32 bits per heavy atom. The first kappa shape index (κ1) is 16.5. The average Bonchev–Trinajstić information content (AvgIpc) is 2.93. The van der Waals surface area contributed by atoms with E-state index in [9.17, 15) is 9.59 Å². The van der Waals surface area contributed by atoms with Gasteiger partial charge in [-0.3, -0.25) is 9.59 Å². The van der Waals surface area contributed by atoms with E-state index < -0.39 is 0 Å². The summed E-state index contributed by atoms with van der Waals surface area (Å²) in [6.45, 7) is 4.55. The minimum absolute atomic E-state index is 0.0266. The lowest BCUT2D eigenvalue weighted by Crippen LogP contribution is -2.28. The number of carbonyl (C=O) groups is 2. The monoisotopic (exact) mass is 330 g/mol. The Kier molecular flexibility index (Phi) is 4.40. The van der Waals surface area contributed by atoms with Gasteiger partial charge in [0.15, 0.2) is 0 Å². The third-order valence-electron chi connectivity index (χ3n) is 4.29. The van der Waals surface area contributed by atoms with Crippen LogP contribution in [0, 0.1) is 12.3 Å². The average molecular weight is 330 g/mol. The maximum absolute atomic E-state index is 12.4. The minimum atomic E-state index is -0.222. The van der Waals surface area contributed by atoms with Gasteiger partial charge in [-0.1, -0.05) is 30.7 Å². The number of hydrogen-bond acceptors (Lipinski definition) is 2. The molecule has 0 aliphatic carbocycles. The first-order chi connectivity index (χ1) is 12.0. The Hall–Kier alpha value is -3.32. The topological polar surface area (TPSA) is 40.6 Å². The molecule has 1 aliphatic rings. The summed E-state index contributed by atoms with van der Waals surface area (Å²) in [6, 6.07) is 13.0. The molecule has 1 heterocycles. The normalized spacial score (nSPS) is 12.5. The number of anilines is 1. The Morgan fingerprint density at radius 2 is 2.04 bits per heavy atom. The summed E-state index contributed by atoms with van der Waals surface area (Å²) >= 11 is 0. The first-order valence-corrected chi connectivity index (χ1v) is 7.91. The van der Waals surface area contributed by atoms with E-state index in [1.165, 1.54) is 6.08 Å². The van der Waals surface area contributed by atoms with E-state index in [1.54, 1.807) is 22.9 Å². The van der Waals surface area contributed by atoms with Crippen molar-refractivity contribution >= 4 is 17.5 Å². The van der Waals surface area contributed by atoms with Crippen molar-refractivity contribution in [1.82, 2.24) is 4.90 Å². The molecule has 1 aliphatic heterocycles. The second-order valence-corrected chi connectivity index (χ2v) is 5.97. The highest BCUT2D eigenvalue weighted by Crippen LogP contribution is 2.27. The van der Waals surface area contributed by atoms with Crippen LogP contribution in [0.2, 0.25) is 0 Å². The molecule has 0 fully saturated rings. The molecule has 124 valence electrons. The lowest BCUT2D eigenvalue weighted by atomic mass is 10.1. The number of fused-ring (bicyclic) bond motifs is 1. The third-order valence-corrected chi connectivity index (χ3v) is 4.29. The smallest absolute Gasteiger partial charge is 0.254 e. The molecular weight excluding hydrogens is 312 g/mol. The molecule has 3 rings (SSSR count). The number of benzene rings is 2. The summed E-state index contributed by atoms with van der Waals surface area (Å²) in [4.78, 5) is 27.8. The molecule has 2 aromatic carbocycles. The van der Waals surface area contributed by atoms with E-state index >= 15 is 0 Å². The molecule has 0 radical (unpaired) electrons. The molecule has 0 unspecified atom stereocenters. The number of carbonyl (C=O) groups excluding carboxylic acids is 2. The number of nitrogens with zero attached hydrogens (tertiary/aromatic N) is 2. The van der Waals surface area contributed by atoms with Gasteiger partial charge in [0.25, 0.3) is 11.8 Å². The summed E-state index contributed by atoms with van der Waals surface area (Å²) in [6.07, 6.45) is 6.65. The summed E-state index contributed by atoms with van der Waals surface area (Å²) in [5, 5.41) is 0. The van der Waals surface area contributed by atoms with Crippen LogP contribution in [0.5, 0.6) is 0 Å². The quantitative estimate of drug-likeness (QED) is 0.639. The zero-order valence-corrected chi connectivity index (χ0v) is 14.0. The van der Waals surface area contributed by atoms with Gasteiger partial charge in [-0.25, -0.2) is 0 Å². The predicted octanol–water partition coefficient (Wildman–Crippen LogP) is 2.97. The van der Waals surface area contributed by atoms with Gasteiger partial charge in [0.2, 0.25) is 0 Å². The van der Waals surface area contributed by atoms with Gasteiger partial charge >= 0.3 is 0 Å². The second-order valence-electron chi connectivity index (χ2n) is 5.97. The van der Waals surface area contributed by atoms with E-state index in [2.05, 4.69) is 12.5 Å². The highest BCUT2D eigenvalue weighted by Gasteiger charge is 2.26. The Morgan fingerprint density at radius 3 is 2.68 bits per heavy atom. The molecule has 0 saturated heterocycles. The highest BCUT2D eigenvalue weighted by atomic mass is 16.2. The highest BCUT2D eigenvalue weighted by molar-refractivity contribution is 6.03. The largest absolute Gasteiger partial charge is 0.337 e. The summed E-state index contributed by atoms with van der Waals surface area (Å²) in [5.41, 5.74) is 4.02. The summed E-state index contributed by atoms with van der Waals surface area (Å²) in [7, 11) is 1.77. The van der Waals surface area contributed by atoms with E-state index in [-0.39, 0.29) is 11.8 Å². The van der Waals surface area contributed by atoms with Gasteiger partial charge in [-0.05, 0) is 41.5 Å². The maximum atomic E-state index is 12.4. The molecular formula is C21H18N2O2. The third kappa shape index (κ3) is 3.17. The second kappa shape index (κ2) is 6.66. The number of terminal acetylenes is 1. The van der Waals surface area contributed by atoms with Gasteiger partial charge < -0.3 is 9.80 Å². The molecule has 2 amide bonds. The molecule has 0 spiro atoms. The van der Waals surface area contributed by atoms with Gasteiger partial charge in [-0.15, -0.1) is 6.42 Å². The van der Waals surface area contributed by atoms with Crippen molar-refractivity contribution in [2.24, 2.45) is 0 Å². The van der Waals surface area contributed by atoms with E-state index in [1.807, 2.05) is 36.4 Å². The minimum Gasteiger partial charge on any atom is -0.337 e. The Labute approximate surface area is 147 Å². The SMILES string of the molecule is C#Cc1ccc(CN(C(=O)C=C)c2ccc3c(c2)C(=O)N(C)C3)cc1. The van der Waals surface area contributed by atoms with E-state index in [4.69, 9.17) is 6.42 Å². The number of amides is 2. The molecule has 0 aromatic heterocycles.